The highest BCUT2D eigenvalue weighted by atomic mass is 15.1. The van der Waals surface area contributed by atoms with Crippen molar-refractivity contribution in [1.29, 1.82) is 0 Å². The molecule has 1 aromatic rings. The zero-order valence-corrected chi connectivity index (χ0v) is 9.04. The van der Waals surface area contributed by atoms with Crippen molar-refractivity contribution in [2.75, 3.05) is 5.32 Å². The Morgan fingerprint density at radius 2 is 2.00 bits per heavy atom. The summed E-state index contributed by atoms with van der Waals surface area (Å²) in [5.41, 5.74) is 1.98. The van der Waals surface area contributed by atoms with Crippen LogP contribution in [0.4, 0.5) is 5.95 Å². The first kappa shape index (κ1) is 10.7. The summed E-state index contributed by atoms with van der Waals surface area (Å²) in [6, 6.07) is 2.29. The van der Waals surface area contributed by atoms with Crippen molar-refractivity contribution in [2.24, 2.45) is 0 Å². The first-order chi connectivity index (χ1) is 6.61. The summed E-state index contributed by atoms with van der Waals surface area (Å²) in [7, 11) is 0. The van der Waals surface area contributed by atoms with Crippen LogP contribution in [0.15, 0.2) is 18.7 Å². The number of nitrogens with one attached hydrogen (secondary N) is 1. The van der Waals surface area contributed by atoms with Gasteiger partial charge in [0.05, 0.1) is 0 Å². The van der Waals surface area contributed by atoms with E-state index in [1.807, 2.05) is 26.0 Å². The maximum absolute atomic E-state index is 4.30. The Hall–Kier alpha value is -1.38. The minimum absolute atomic E-state index is 0.327. The highest BCUT2D eigenvalue weighted by Gasteiger charge is 2.02. The largest absolute Gasteiger partial charge is 0.351 e. The molecule has 1 rings (SSSR count). The second-order valence-electron chi connectivity index (χ2n) is 3.54. The lowest BCUT2D eigenvalue weighted by Gasteiger charge is -2.12. The lowest BCUT2D eigenvalue weighted by Crippen LogP contribution is -2.16. The third-order valence-electron chi connectivity index (χ3n) is 1.88. The van der Waals surface area contributed by atoms with Crippen LogP contribution in [0.3, 0.4) is 0 Å². The topological polar surface area (TPSA) is 37.8 Å². The van der Waals surface area contributed by atoms with Crippen molar-refractivity contribution in [2.45, 2.75) is 33.2 Å². The van der Waals surface area contributed by atoms with Gasteiger partial charge in [0.25, 0.3) is 0 Å². The van der Waals surface area contributed by atoms with E-state index in [2.05, 4.69) is 28.8 Å². The molecule has 0 fully saturated rings. The SMILES string of the molecule is C=CCC(C)Nc1nc(C)cc(C)n1. The molecule has 1 unspecified atom stereocenters. The molecule has 0 saturated heterocycles. The molecule has 0 aromatic carbocycles. The van der Waals surface area contributed by atoms with Crippen LogP contribution in [0.25, 0.3) is 0 Å². The van der Waals surface area contributed by atoms with Gasteiger partial charge in [0.1, 0.15) is 0 Å². The molecule has 14 heavy (non-hydrogen) atoms. The monoisotopic (exact) mass is 191 g/mol. The predicted molar refractivity (Wildman–Crippen MR) is 59.4 cm³/mol. The van der Waals surface area contributed by atoms with Gasteiger partial charge in [-0.15, -0.1) is 6.58 Å². The normalized spacial score (nSPS) is 12.2. The molecule has 3 nitrogen and oxygen atoms in total. The Kier molecular flexibility index (Phi) is 3.63. The Morgan fingerprint density at radius 3 is 2.50 bits per heavy atom. The zero-order valence-electron chi connectivity index (χ0n) is 9.04. The maximum atomic E-state index is 4.30. The van der Waals surface area contributed by atoms with Gasteiger partial charge in [-0.25, -0.2) is 9.97 Å². The second-order valence-corrected chi connectivity index (χ2v) is 3.54. The van der Waals surface area contributed by atoms with Gasteiger partial charge in [0, 0.05) is 17.4 Å². The Balaban J connectivity index is 2.71. The molecule has 1 heterocycles. The Labute approximate surface area is 85.3 Å². The molecule has 1 N–H and O–H groups in total. The Bertz CT molecular complexity index is 300. The summed E-state index contributed by atoms with van der Waals surface area (Å²) in [6.45, 7) is 9.72. The van der Waals surface area contributed by atoms with E-state index in [1.165, 1.54) is 0 Å². The smallest absolute Gasteiger partial charge is 0.223 e. The molecule has 0 aliphatic rings. The summed E-state index contributed by atoms with van der Waals surface area (Å²) in [5.74, 6) is 0.705. The van der Waals surface area contributed by atoms with Crippen LogP contribution in [0.2, 0.25) is 0 Å². The highest BCUT2D eigenvalue weighted by molar-refractivity contribution is 5.28. The van der Waals surface area contributed by atoms with Crippen molar-refractivity contribution in [3.8, 4) is 0 Å². The van der Waals surface area contributed by atoms with Crippen LogP contribution in [0, 0.1) is 13.8 Å². The molecular formula is C11H17N3. The van der Waals surface area contributed by atoms with Crippen LogP contribution in [-0.2, 0) is 0 Å². The van der Waals surface area contributed by atoms with Gasteiger partial charge in [-0.3, -0.25) is 0 Å². The summed E-state index contributed by atoms with van der Waals surface area (Å²) < 4.78 is 0. The predicted octanol–water partition coefficient (Wildman–Crippen LogP) is 2.47. The molecule has 0 aliphatic carbocycles. The van der Waals surface area contributed by atoms with Crippen molar-refractivity contribution in [1.82, 2.24) is 9.97 Å². The van der Waals surface area contributed by atoms with Crippen LogP contribution in [-0.4, -0.2) is 16.0 Å². The molecule has 1 atom stereocenters. The number of aromatic nitrogens is 2. The van der Waals surface area contributed by atoms with Crippen molar-refractivity contribution < 1.29 is 0 Å². The summed E-state index contributed by atoms with van der Waals surface area (Å²) in [4.78, 5) is 8.60. The molecule has 0 aliphatic heterocycles. The van der Waals surface area contributed by atoms with E-state index in [1.54, 1.807) is 0 Å². The van der Waals surface area contributed by atoms with Crippen LogP contribution >= 0.6 is 0 Å². The number of hydrogen-bond donors (Lipinski definition) is 1. The third kappa shape index (κ3) is 3.17. The molecule has 76 valence electrons. The molecule has 3 heteroatoms. The molecule has 0 radical (unpaired) electrons. The van der Waals surface area contributed by atoms with E-state index in [4.69, 9.17) is 0 Å². The first-order valence-corrected chi connectivity index (χ1v) is 4.81. The number of anilines is 1. The molecule has 0 bridgehead atoms. The second kappa shape index (κ2) is 4.74. The van der Waals surface area contributed by atoms with E-state index in [-0.39, 0.29) is 0 Å². The number of rotatable bonds is 4. The van der Waals surface area contributed by atoms with E-state index < -0.39 is 0 Å². The van der Waals surface area contributed by atoms with Gasteiger partial charge in [-0.1, -0.05) is 6.08 Å². The van der Waals surface area contributed by atoms with Gasteiger partial charge in [-0.05, 0) is 33.3 Å². The van der Waals surface area contributed by atoms with Gasteiger partial charge < -0.3 is 5.32 Å². The van der Waals surface area contributed by atoms with E-state index in [0.717, 1.165) is 17.8 Å². The molecule has 0 saturated carbocycles. The van der Waals surface area contributed by atoms with Crippen molar-refractivity contribution >= 4 is 5.95 Å². The van der Waals surface area contributed by atoms with Gasteiger partial charge in [0.2, 0.25) is 5.95 Å². The fraction of sp³-hybridized carbons (Fsp3) is 0.455. The zero-order chi connectivity index (χ0) is 10.6. The van der Waals surface area contributed by atoms with Crippen LogP contribution in [0.1, 0.15) is 24.7 Å². The molecule has 1 aromatic heterocycles. The standard InChI is InChI=1S/C11H17N3/c1-5-6-8(2)12-11-13-9(3)7-10(4)14-11/h5,7-8H,1,6H2,2-4H3,(H,12,13,14). The quantitative estimate of drug-likeness (QED) is 0.743. The Morgan fingerprint density at radius 1 is 1.43 bits per heavy atom. The first-order valence-electron chi connectivity index (χ1n) is 4.81. The van der Waals surface area contributed by atoms with Crippen molar-refractivity contribution in [3.05, 3.63) is 30.1 Å². The van der Waals surface area contributed by atoms with E-state index in [9.17, 15) is 0 Å². The maximum Gasteiger partial charge on any atom is 0.223 e. The van der Waals surface area contributed by atoms with Crippen LogP contribution in [0.5, 0.6) is 0 Å². The van der Waals surface area contributed by atoms with Gasteiger partial charge in [0.15, 0.2) is 0 Å². The molecule has 0 amide bonds. The highest BCUT2D eigenvalue weighted by Crippen LogP contribution is 2.06. The molecular weight excluding hydrogens is 174 g/mol. The fourth-order valence-corrected chi connectivity index (χ4v) is 1.32. The lowest BCUT2D eigenvalue weighted by molar-refractivity contribution is 0.795. The summed E-state index contributed by atoms with van der Waals surface area (Å²) >= 11 is 0. The number of nitrogens with zero attached hydrogens (tertiary/aromatic N) is 2. The van der Waals surface area contributed by atoms with Crippen molar-refractivity contribution in [3.63, 3.8) is 0 Å². The number of aryl methyl sites for hydroxylation is 2. The third-order valence-corrected chi connectivity index (χ3v) is 1.88. The number of hydrogen-bond acceptors (Lipinski definition) is 3. The average Bonchev–Trinajstić information content (AvgIpc) is 2.01. The van der Waals surface area contributed by atoms with E-state index in [0.29, 0.717) is 12.0 Å². The van der Waals surface area contributed by atoms with E-state index >= 15 is 0 Å². The lowest BCUT2D eigenvalue weighted by atomic mass is 10.2. The summed E-state index contributed by atoms with van der Waals surface area (Å²) in [6.07, 6.45) is 2.80. The van der Waals surface area contributed by atoms with Gasteiger partial charge in [-0.2, -0.15) is 0 Å². The minimum atomic E-state index is 0.327. The van der Waals surface area contributed by atoms with Gasteiger partial charge >= 0.3 is 0 Å². The summed E-state index contributed by atoms with van der Waals surface area (Å²) in [5, 5.41) is 3.23. The fourth-order valence-electron chi connectivity index (χ4n) is 1.32. The minimum Gasteiger partial charge on any atom is -0.351 e. The van der Waals surface area contributed by atoms with Crippen LogP contribution < -0.4 is 5.32 Å². The molecule has 0 spiro atoms. The average molecular weight is 191 g/mol.